The van der Waals surface area contributed by atoms with Crippen LogP contribution in [0.15, 0.2) is 39.9 Å². The van der Waals surface area contributed by atoms with E-state index in [0.717, 1.165) is 38.4 Å². The number of allylic oxidation sites excluding steroid dienone is 1. The Morgan fingerprint density at radius 2 is 2.17 bits per heavy atom. The van der Waals surface area contributed by atoms with Crippen LogP contribution in [0.4, 0.5) is 5.82 Å². The van der Waals surface area contributed by atoms with Crippen molar-refractivity contribution in [1.29, 1.82) is 0 Å². The molecule has 0 atom stereocenters. The van der Waals surface area contributed by atoms with E-state index >= 15 is 0 Å². The van der Waals surface area contributed by atoms with Gasteiger partial charge >= 0.3 is 5.56 Å². The maximum Gasteiger partial charge on any atom is 0.309 e. The number of ether oxygens (including phenoxy) is 1. The van der Waals surface area contributed by atoms with Crippen molar-refractivity contribution < 1.29 is 9.53 Å². The lowest BCUT2D eigenvalue weighted by atomic mass is 9.68. The van der Waals surface area contributed by atoms with Crippen molar-refractivity contribution in [2.45, 2.75) is 32.2 Å². The highest BCUT2D eigenvalue weighted by Gasteiger charge is 2.43. The van der Waals surface area contributed by atoms with Crippen LogP contribution >= 0.6 is 0 Å². The standard InChI is InChI=1S/C21H26N6O3/c1-30-16-12-18(26-9-6-21(14-26)4-2-5-21)24-27(20(16)29)13-19(28)23-15-3-8-25-10-7-22-17(25)11-15/h3,8,11-12H,2,4-7,9-10,13-14H2,1H3,(H,23,28). The Hall–Kier alpha value is -3.10. The molecule has 1 aliphatic carbocycles. The van der Waals surface area contributed by atoms with E-state index in [-0.39, 0.29) is 18.2 Å². The van der Waals surface area contributed by atoms with Gasteiger partial charge in [-0.3, -0.25) is 14.6 Å². The van der Waals surface area contributed by atoms with Gasteiger partial charge in [0.25, 0.3) is 0 Å². The average Bonchev–Trinajstić information content (AvgIpc) is 3.36. The minimum Gasteiger partial charge on any atom is -0.491 e. The maximum atomic E-state index is 12.7. The van der Waals surface area contributed by atoms with E-state index in [1.165, 1.54) is 31.1 Å². The van der Waals surface area contributed by atoms with Gasteiger partial charge in [-0.25, -0.2) is 4.68 Å². The third-order valence-corrected chi connectivity index (χ3v) is 6.53. The Bertz CT molecular complexity index is 1020. The van der Waals surface area contributed by atoms with Gasteiger partial charge in [0.05, 0.1) is 13.7 Å². The first-order valence-electron chi connectivity index (χ1n) is 10.5. The second-order valence-electron chi connectivity index (χ2n) is 8.46. The molecule has 0 bridgehead atoms. The molecule has 5 rings (SSSR count). The van der Waals surface area contributed by atoms with E-state index < -0.39 is 5.56 Å². The second kappa shape index (κ2) is 7.30. The van der Waals surface area contributed by atoms with Crippen molar-refractivity contribution in [3.05, 3.63) is 40.5 Å². The van der Waals surface area contributed by atoms with Crippen LogP contribution in [0.1, 0.15) is 25.7 Å². The number of amidine groups is 1. The fraction of sp³-hybridized carbons (Fsp3) is 0.524. The zero-order chi connectivity index (χ0) is 20.7. The zero-order valence-electron chi connectivity index (χ0n) is 17.1. The van der Waals surface area contributed by atoms with Crippen LogP contribution in [0.2, 0.25) is 0 Å². The average molecular weight is 410 g/mol. The van der Waals surface area contributed by atoms with Gasteiger partial charge in [-0.1, -0.05) is 6.42 Å². The van der Waals surface area contributed by atoms with E-state index in [9.17, 15) is 9.59 Å². The molecule has 30 heavy (non-hydrogen) atoms. The summed E-state index contributed by atoms with van der Waals surface area (Å²) in [5.74, 6) is 1.42. The zero-order valence-corrected chi connectivity index (χ0v) is 17.1. The van der Waals surface area contributed by atoms with Crippen LogP contribution < -0.4 is 20.5 Å². The normalized spacial score (nSPS) is 21.2. The highest BCUT2D eigenvalue weighted by molar-refractivity contribution is 5.97. The number of rotatable bonds is 5. The maximum absolute atomic E-state index is 12.7. The summed E-state index contributed by atoms with van der Waals surface area (Å²) in [6.07, 6.45) is 10.5. The topological polar surface area (TPSA) is 92.1 Å². The molecule has 158 valence electrons. The van der Waals surface area contributed by atoms with Crippen LogP contribution in [0, 0.1) is 5.41 Å². The number of nitrogens with zero attached hydrogens (tertiary/aromatic N) is 5. The van der Waals surface area contributed by atoms with E-state index in [0.29, 0.717) is 16.9 Å². The molecule has 2 fully saturated rings. The van der Waals surface area contributed by atoms with Crippen molar-refractivity contribution in [3.8, 4) is 5.75 Å². The van der Waals surface area contributed by atoms with Gasteiger partial charge in [-0.15, -0.1) is 0 Å². The fourth-order valence-electron chi connectivity index (χ4n) is 4.66. The summed E-state index contributed by atoms with van der Waals surface area (Å²) in [4.78, 5) is 33.9. The lowest BCUT2D eigenvalue weighted by Gasteiger charge is -2.38. The van der Waals surface area contributed by atoms with Crippen molar-refractivity contribution in [2.75, 3.05) is 38.2 Å². The quantitative estimate of drug-likeness (QED) is 0.775. The Labute approximate surface area is 174 Å². The molecule has 1 saturated heterocycles. The Kier molecular flexibility index (Phi) is 4.60. The first kappa shape index (κ1) is 18.9. The summed E-state index contributed by atoms with van der Waals surface area (Å²) in [5, 5.41) is 7.33. The van der Waals surface area contributed by atoms with Crippen molar-refractivity contribution in [1.82, 2.24) is 20.0 Å². The molecule has 9 nitrogen and oxygen atoms in total. The molecule has 0 aromatic carbocycles. The second-order valence-corrected chi connectivity index (χ2v) is 8.46. The molecular formula is C21H26N6O3. The van der Waals surface area contributed by atoms with Crippen LogP contribution in [0.5, 0.6) is 5.75 Å². The largest absolute Gasteiger partial charge is 0.491 e. The molecule has 1 N–H and O–H groups in total. The van der Waals surface area contributed by atoms with E-state index in [1.807, 2.05) is 23.3 Å². The molecule has 3 aliphatic heterocycles. The molecule has 1 amide bonds. The minimum atomic E-state index is -0.409. The number of fused-ring (bicyclic) bond motifs is 1. The summed E-state index contributed by atoms with van der Waals surface area (Å²) in [6, 6.07) is 1.69. The lowest BCUT2D eigenvalue weighted by Crippen LogP contribution is -2.37. The summed E-state index contributed by atoms with van der Waals surface area (Å²) >= 11 is 0. The van der Waals surface area contributed by atoms with Crippen molar-refractivity contribution in [2.24, 2.45) is 10.4 Å². The molecule has 1 aromatic heterocycles. The van der Waals surface area contributed by atoms with Gasteiger partial charge in [-0.2, -0.15) is 5.10 Å². The minimum absolute atomic E-state index is 0.177. The van der Waals surface area contributed by atoms with Gasteiger partial charge in [0.2, 0.25) is 5.91 Å². The highest BCUT2D eigenvalue weighted by atomic mass is 16.5. The molecule has 1 aromatic rings. The van der Waals surface area contributed by atoms with Crippen LogP contribution in [-0.2, 0) is 11.3 Å². The predicted molar refractivity (Wildman–Crippen MR) is 113 cm³/mol. The van der Waals surface area contributed by atoms with Crippen molar-refractivity contribution in [3.63, 3.8) is 0 Å². The van der Waals surface area contributed by atoms with Gasteiger partial charge in [0.15, 0.2) is 11.6 Å². The number of nitrogens with one attached hydrogen (secondary N) is 1. The van der Waals surface area contributed by atoms with Gasteiger partial charge < -0.3 is 19.9 Å². The number of amides is 1. The van der Waals surface area contributed by atoms with E-state index in [2.05, 4.69) is 20.3 Å². The predicted octanol–water partition coefficient (Wildman–Crippen LogP) is 0.874. The monoisotopic (exact) mass is 410 g/mol. The third kappa shape index (κ3) is 3.38. The van der Waals surface area contributed by atoms with Crippen LogP contribution in [0.25, 0.3) is 0 Å². The number of hydrogen-bond acceptors (Lipinski definition) is 7. The summed E-state index contributed by atoms with van der Waals surface area (Å²) in [5.41, 5.74) is 0.650. The molecular weight excluding hydrogens is 384 g/mol. The molecule has 4 heterocycles. The Morgan fingerprint density at radius 3 is 2.90 bits per heavy atom. The van der Waals surface area contributed by atoms with Gasteiger partial charge in [0, 0.05) is 43.7 Å². The van der Waals surface area contributed by atoms with Crippen LogP contribution in [-0.4, -0.2) is 59.7 Å². The summed E-state index contributed by atoms with van der Waals surface area (Å²) in [7, 11) is 1.47. The molecule has 1 saturated carbocycles. The van der Waals surface area contributed by atoms with E-state index in [1.54, 1.807) is 6.07 Å². The van der Waals surface area contributed by atoms with Gasteiger partial charge in [-0.05, 0) is 30.8 Å². The number of carbonyl (C=O) groups is 1. The number of anilines is 1. The third-order valence-electron chi connectivity index (χ3n) is 6.53. The fourth-order valence-corrected chi connectivity index (χ4v) is 4.66. The number of carbonyl (C=O) groups excluding carboxylic acids is 1. The smallest absolute Gasteiger partial charge is 0.309 e. The van der Waals surface area contributed by atoms with E-state index in [4.69, 9.17) is 4.74 Å². The SMILES string of the molecule is COc1cc(N2CCC3(CCC3)C2)nn(CC(=O)NC2=CC3=NCCN3C=C2)c1=O. The van der Waals surface area contributed by atoms with Crippen LogP contribution in [0.3, 0.4) is 0 Å². The molecule has 9 heteroatoms. The molecule has 4 aliphatic rings. The molecule has 0 unspecified atom stereocenters. The number of hydrogen-bond donors (Lipinski definition) is 1. The number of aliphatic imine (C=N–C) groups is 1. The summed E-state index contributed by atoms with van der Waals surface area (Å²) < 4.78 is 6.48. The number of aromatic nitrogens is 2. The number of methoxy groups -OCH3 is 1. The molecule has 0 radical (unpaired) electrons. The van der Waals surface area contributed by atoms with Crippen molar-refractivity contribution >= 4 is 17.6 Å². The first-order chi connectivity index (χ1) is 14.5. The summed E-state index contributed by atoms with van der Waals surface area (Å²) in [6.45, 7) is 3.29. The van der Waals surface area contributed by atoms with Gasteiger partial charge in [0.1, 0.15) is 12.4 Å². The Morgan fingerprint density at radius 1 is 1.30 bits per heavy atom. The molecule has 1 spiro atoms. The lowest BCUT2D eigenvalue weighted by molar-refractivity contribution is -0.121. The highest BCUT2D eigenvalue weighted by Crippen LogP contribution is 2.48. The Balaban J connectivity index is 1.33. The first-order valence-corrected chi connectivity index (χ1v) is 10.5.